The van der Waals surface area contributed by atoms with E-state index in [1.165, 1.54) is 5.56 Å². The molecule has 134 valence electrons. The van der Waals surface area contributed by atoms with Crippen LogP contribution in [0.1, 0.15) is 25.0 Å². The van der Waals surface area contributed by atoms with Gasteiger partial charge in [-0.25, -0.2) is 0 Å². The van der Waals surface area contributed by atoms with Gasteiger partial charge in [-0.2, -0.15) is 0 Å². The minimum atomic E-state index is -0.233. The molecule has 26 heavy (non-hydrogen) atoms. The quantitative estimate of drug-likeness (QED) is 0.819. The molecule has 2 amide bonds. The fraction of sp³-hybridized carbons (Fsp3) is 0.238. The predicted molar refractivity (Wildman–Crippen MR) is 103 cm³/mol. The maximum absolute atomic E-state index is 12.6. The molecule has 0 unspecified atom stereocenters. The van der Waals surface area contributed by atoms with Gasteiger partial charge in [0.2, 0.25) is 5.91 Å². The number of rotatable bonds is 4. The average molecular weight is 350 g/mol. The lowest BCUT2D eigenvalue weighted by molar-refractivity contribution is -0.118. The first-order valence-electron chi connectivity index (χ1n) is 8.59. The molecule has 0 aliphatic carbocycles. The average Bonchev–Trinajstić information content (AvgIpc) is 2.60. The number of para-hydroxylation sites is 1. The summed E-state index contributed by atoms with van der Waals surface area (Å²) in [5, 5.41) is 5.59. The van der Waals surface area contributed by atoms with E-state index in [9.17, 15) is 9.59 Å². The van der Waals surface area contributed by atoms with Crippen LogP contribution in [0.15, 0.2) is 48.5 Å². The molecule has 0 bridgehead atoms. The summed E-state index contributed by atoms with van der Waals surface area (Å²) in [5.74, 6) is 0.240. The molecule has 0 fully saturated rings. The number of ether oxygens (including phenoxy) is 1. The Balaban J connectivity index is 1.85. The number of carbonyl (C=O) groups is 2. The number of amides is 2. The number of anilines is 2. The molecule has 0 saturated heterocycles. The molecule has 2 N–H and O–H groups in total. The molecule has 3 rings (SSSR count). The van der Waals surface area contributed by atoms with Gasteiger partial charge in [-0.05, 0) is 36.1 Å². The van der Waals surface area contributed by atoms with Crippen molar-refractivity contribution in [2.75, 3.05) is 17.2 Å². The van der Waals surface area contributed by atoms with Gasteiger partial charge in [0, 0.05) is 6.08 Å². The van der Waals surface area contributed by atoms with E-state index in [2.05, 4.69) is 24.5 Å². The van der Waals surface area contributed by atoms with Crippen molar-refractivity contribution in [1.29, 1.82) is 0 Å². The minimum Gasteiger partial charge on any atom is -0.479 e. The van der Waals surface area contributed by atoms with Crippen LogP contribution in [0.25, 0.3) is 5.57 Å². The lowest BCUT2D eigenvalue weighted by Gasteiger charge is -2.20. The van der Waals surface area contributed by atoms with E-state index in [-0.39, 0.29) is 24.3 Å². The number of carbonyl (C=O) groups excluding carboxylic acids is 2. The Morgan fingerprint density at radius 1 is 1.19 bits per heavy atom. The highest BCUT2D eigenvalue weighted by Crippen LogP contribution is 2.35. The van der Waals surface area contributed by atoms with Crippen molar-refractivity contribution in [1.82, 2.24) is 0 Å². The van der Waals surface area contributed by atoms with Crippen LogP contribution in [-0.4, -0.2) is 18.4 Å². The highest BCUT2D eigenvalue weighted by Gasteiger charge is 2.20. The van der Waals surface area contributed by atoms with Gasteiger partial charge in [0.1, 0.15) is 0 Å². The van der Waals surface area contributed by atoms with E-state index in [0.717, 1.165) is 11.1 Å². The molecule has 0 aromatic heterocycles. The Kier molecular flexibility index (Phi) is 5.07. The maximum Gasteiger partial charge on any atom is 0.262 e. The molecule has 5 heteroatoms. The maximum atomic E-state index is 12.6. The molecule has 5 nitrogen and oxygen atoms in total. The second-order valence-corrected chi connectivity index (χ2v) is 6.63. The van der Waals surface area contributed by atoms with Crippen LogP contribution < -0.4 is 15.4 Å². The molecule has 0 saturated carbocycles. The van der Waals surface area contributed by atoms with Crippen molar-refractivity contribution in [3.05, 3.63) is 59.7 Å². The minimum absolute atomic E-state index is 0.0592. The lowest BCUT2D eigenvalue weighted by atomic mass is 9.94. The molecule has 0 radical (unpaired) electrons. The van der Waals surface area contributed by atoms with E-state index in [1.54, 1.807) is 24.3 Å². The summed E-state index contributed by atoms with van der Waals surface area (Å²) in [6, 6.07) is 13.4. The first-order chi connectivity index (χ1) is 12.4. The molecule has 0 atom stereocenters. The summed E-state index contributed by atoms with van der Waals surface area (Å²) in [6.45, 7) is 6.09. The monoisotopic (exact) mass is 350 g/mol. The molecule has 2 aromatic carbocycles. The Bertz CT molecular complexity index is 867. The van der Waals surface area contributed by atoms with Crippen LogP contribution in [-0.2, 0) is 9.59 Å². The number of aryl methyl sites for hydroxylation is 1. The van der Waals surface area contributed by atoms with Gasteiger partial charge >= 0.3 is 0 Å². The smallest absolute Gasteiger partial charge is 0.262 e. The van der Waals surface area contributed by atoms with E-state index in [4.69, 9.17) is 4.74 Å². The van der Waals surface area contributed by atoms with Crippen LogP contribution in [0.2, 0.25) is 0 Å². The van der Waals surface area contributed by atoms with Gasteiger partial charge in [-0.15, -0.1) is 0 Å². The summed E-state index contributed by atoms with van der Waals surface area (Å²) in [5.41, 5.74) is 4.26. The first-order valence-corrected chi connectivity index (χ1v) is 8.59. The number of allylic oxidation sites excluding steroid dienone is 1. The SMILES string of the molecule is Cc1ccc(/C(=C/C(=O)Nc2cccc3c2OCC(=O)N3)C(C)C)cc1. The zero-order chi connectivity index (χ0) is 18.7. The Hall–Kier alpha value is -3.08. The molecule has 2 aromatic rings. The van der Waals surface area contributed by atoms with Gasteiger partial charge in [-0.3, -0.25) is 9.59 Å². The molecular weight excluding hydrogens is 328 g/mol. The molecular formula is C21H22N2O3. The van der Waals surface area contributed by atoms with Gasteiger partial charge in [0.15, 0.2) is 12.4 Å². The van der Waals surface area contributed by atoms with E-state index < -0.39 is 0 Å². The van der Waals surface area contributed by atoms with E-state index >= 15 is 0 Å². The van der Waals surface area contributed by atoms with Crippen molar-refractivity contribution in [3.8, 4) is 5.75 Å². The van der Waals surface area contributed by atoms with Crippen LogP contribution in [0.4, 0.5) is 11.4 Å². The number of hydrogen-bond donors (Lipinski definition) is 2. The zero-order valence-corrected chi connectivity index (χ0v) is 15.1. The van der Waals surface area contributed by atoms with Crippen LogP contribution in [0, 0.1) is 12.8 Å². The molecule has 1 heterocycles. The van der Waals surface area contributed by atoms with Crippen LogP contribution in [0.5, 0.6) is 5.75 Å². The van der Waals surface area contributed by atoms with Gasteiger partial charge in [-0.1, -0.05) is 49.7 Å². The Morgan fingerprint density at radius 3 is 2.62 bits per heavy atom. The third kappa shape index (κ3) is 3.94. The number of benzene rings is 2. The summed E-state index contributed by atoms with van der Waals surface area (Å²) >= 11 is 0. The highest BCUT2D eigenvalue weighted by molar-refractivity contribution is 6.06. The van der Waals surface area contributed by atoms with Crippen molar-refractivity contribution in [2.24, 2.45) is 5.92 Å². The summed E-state index contributed by atoms with van der Waals surface area (Å²) < 4.78 is 5.47. The molecule has 1 aliphatic rings. The van der Waals surface area contributed by atoms with Gasteiger partial charge < -0.3 is 15.4 Å². The highest BCUT2D eigenvalue weighted by atomic mass is 16.5. The standard InChI is InChI=1S/C21H22N2O3/c1-13(2)16(15-9-7-14(3)8-10-15)11-19(24)22-17-5-4-6-18-21(17)26-12-20(25)23-18/h4-11,13H,12H2,1-3H3,(H,22,24)(H,23,25)/b16-11+. The second kappa shape index (κ2) is 7.44. The zero-order valence-electron chi connectivity index (χ0n) is 15.1. The van der Waals surface area contributed by atoms with E-state index in [1.807, 2.05) is 31.2 Å². The molecule has 1 aliphatic heterocycles. The van der Waals surface area contributed by atoms with Gasteiger partial charge in [0.05, 0.1) is 11.4 Å². The van der Waals surface area contributed by atoms with Crippen molar-refractivity contribution in [3.63, 3.8) is 0 Å². The summed E-state index contributed by atoms with van der Waals surface area (Å²) in [6.07, 6.45) is 1.62. The van der Waals surface area contributed by atoms with Crippen molar-refractivity contribution in [2.45, 2.75) is 20.8 Å². The third-order valence-corrected chi connectivity index (χ3v) is 4.19. The van der Waals surface area contributed by atoms with E-state index in [0.29, 0.717) is 17.1 Å². The number of hydrogen-bond acceptors (Lipinski definition) is 3. The number of fused-ring (bicyclic) bond motifs is 1. The second-order valence-electron chi connectivity index (χ2n) is 6.63. The summed E-state index contributed by atoms with van der Waals surface area (Å²) in [4.78, 5) is 24.0. The topological polar surface area (TPSA) is 67.4 Å². The Morgan fingerprint density at radius 2 is 1.92 bits per heavy atom. The largest absolute Gasteiger partial charge is 0.479 e. The van der Waals surface area contributed by atoms with Crippen LogP contribution >= 0.6 is 0 Å². The normalized spacial score (nSPS) is 13.7. The fourth-order valence-electron chi connectivity index (χ4n) is 2.85. The van der Waals surface area contributed by atoms with Gasteiger partial charge in [0.25, 0.3) is 5.91 Å². The fourth-order valence-corrected chi connectivity index (χ4v) is 2.85. The van der Waals surface area contributed by atoms with Crippen LogP contribution in [0.3, 0.4) is 0 Å². The summed E-state index contributed by atoms with van der Waals surface area (Å²) in [7, 11) is 0. The third-order valence-electron chi connectivity index (χ3n) is 4.19. The molecule has 0 spiro atoms. The van der Waals surface area contributed by atoms with Crippen molar-refractivity contribution >= 4 is 28.8 Å². The lowest BCUT2D eigenvalue weighted by Crippen LogP contribution is -2.26. The number of nitrogens with one attached hydrogen (secondary N) is 2. The predicted octanol–water partition coefficient (Wildman–Crippen LogP) is 4.00. The van der Waals surface area contributed by atoms with Crippen molar-refractivity contribution < 1.29 is 14.3 Å². The first kappa shape index (κ1) is 17.7. The Labute approximate surface area is 153 Å².